The van der Waals surface area contributed by atoms with E-state index < -0.39 is 0 Å². The molecule has 4 rings (SSSR count). The average molecular weight is 340 g/mol. The number of aromatic amines is 1. The first-order valence-corrected chi connectivity index (χ1v) is 9.07. The summed E-state index contributed by atoms with van der Waals surface area (Å²) in [5.74, 6) is 0.950. The highest BCUT2D eigenvalue weighted by molar-refractivity contribution is 5.94. The minimum absolute atomic E-state index is 0.0261. The van der Waals surface area contributed by atoms with Crippen LogP contribution >= 0.6 is 0 Å². The Morgan fingerprint density at radius 2 is 2.24 bits per heavy atom. The molecule has 0 spiro atoms. The van der Waals surface area contributed by atoms with Crippen molar-refractivity contribution in [2.75, 3.05) is 19.7 Å². The van der Waals surface area contributed by atoms with E-state index in [0.717, 1.165) is 62.5 Å². The Morgan fingerprint density at radius 3 is 3.12 bits per heavy atom. The van der Waals surface area contributed by atoms with E-state index in [4.69, 9.17) is 4.74 Å². The van der Waals surface area contributed by atoms with Crippen LogP contribution in [0.5, 0.6) is 5.75 Å². The molecule has 0 fully saturated rings. The lowest BCUT2D eigenvalue weighted by molar-refractivity contribution is 0.0727. The molecule has 6 nitrogen and oxygen atoms in total. The summed E-state index contributed by atoms with van der Waals surface area (Å²) in [6.45, 7) is 5.85. The van der Waals surface area contributed by atoms with Gasteiger partial charge in [-0.25, -0.2) is 0 Å². The van der Waals surface area contributed by atoms with Crippen molar-refractivity contribution in [2.45, 2.75) is 39.3 Å². The molecule has 2 aliphatic rings. The molecule has 0 unspecified atom stereocenters. The number of H-pyrrole nitrogens is 1. The number of nitrogens with one attached hydrogen (secondary N) is 2. The van der Waals surface area contributed by atoms with E-state index in [2.05, 4.69) is 34.6 Å². The Hall–Kier alpha value is -2.34. The van der Waals surface area contributed by atoms with Gasteiger partial charge in [-0.1, -0.05) is 13.0 Å². The fourth-order valence-corrected chi connectivity index (χ4v) is 3.56. The predicted octanol–water partition coefficient (Wildman–Crippen LogP) is 2.04. The number of hydrogen-bond acceptors (Lipinski definition) is 4. The SMILES string of the molecule is CCCOc1ccc2c(c1)CCN(C(=O)c1n[nH]c3c1CNCC3)C2. The number of carbonyl (C=O) groups excluding carboxylic acids is 1. The number of rotatable bonds is 4. The minimum atomic E-state index is 0.0261. The molecule has 2 N–H and O–H groups in total. The Labute approximate surface area is 147 Å². The fraction of sp³-hybridized carbons (Fsp3) is 0.474. The van der Waals surface area contributed by atoms with Gasteiger partial charge in [-0.2, -0.15) is 5.10 Å². The smallest absolute Gasteiger partial charge is 0.275 e. The maximum absolute atomic E-state index is 12.9. The van der Waals surface area contributed by atoms with Gasteiger partial charge in [-0.15, -0.1) is 0 Å². The largest absolute Gasteiger partial charge is 0.494 e. The van der Waals surface area contributed by atoms with Crippen LogP contribution in [0.2, 0.25) is 0 Å². The maximum atomic E-state index is 12.9. The quantitative estimate of drug-likeness (QED) is 0.894. The molecule has 2 aromatic rings. The van der Waals surface area contributed by atoms with Crippen LogP contribution in [-0.2, 0) is 25.9 Å². The highest BCUT2D eigenvalue weighted by Gasteiger charge is 2.28. The summed E-state index contributed by atoms with van der Waals surface area (Å²) < 4.78 is 5.72. The summed E-state index contributed by atoms with van der Waals surface area (Å²) in [4.78, 5) is 14.8. The van der Waals surface area contributed by atoms with Crippen molar-refractivity contribution in [3.8, 4) is 5.75 Å². The summed E-state index contributed by atoms with van der Waals surface area (Å²) >= 11 is 0. The minimum Gasteiger partial charge on any atom is -0.494 e. The Balaban J connectivity index is 1.50. The van der Waals surface area contributed by atoms with Gasteiger partial charge in [0.2, 0.25) is 0 Å². The van der Waals surface area contributed by atoms with Gasteiger partial charge < -0.3 is 15.0 Å². The molecule has 1 amide bonds. The van der Waals surface area contributed by atoms with Crippen LogP contribution in [0, 0.1) is 0 Å². The van der Waals surface area contributed by atoms with Crippen LogP contribution in [0.15, 0.2) is 18.2 Å². The fourth-order valence-electron chi connectivity index (χ4n) is 3.56. The zero-order valence-electron chi connectivity index (χ0n) is 14.6. The topological polar surface area (TPSA) is 70.2 Å². The number of carbonyl (C=O) groups is 1. The summed E-state index contributed by atoms with van der Waals surface area (Å²) in [7, 11) is 0. The lowest BCUT2D eigenvalue weighted by Gasteiger charge is -2.29. The van der Waals surface area contributed by atoms with Crippen molar-refractivity contribution >= 4 is 5.91 Å². The van der Waals surface area contributed by atoms with E-state index in [9.17, 15) is 4.79 Å². The second-order valence-corrected chi connectivity index (χ2v) is 6.71. The molecule has 0 bridgehead atoms. The van der Waals surface area contributed by atoms with Crippen molar-refractivity contribution in [1.29, 1.82) is 0 Å². The van der Waals surface area contributed by atoms with E-state index in [1.54, 1.807) is 0 Å². The molecule has 2 aliphatic heterocycles. The lowest BCUT2D eigenvalue weighted by Crippen LogP contribution is -2.37. The highest BCUT2D eigenvalue weighted by atomic mass is 16.5. The van der Waals surface area contributed by atoms with Crippen molar-refractivity contribution in [3.63, 3.8) is 0 Å². The van der Waals surface area contributed by atoms with E-state index in [1.807, 2.05) is 11.0 Å². The summed E-state index contributed by atoms with van der Waals surface area (Å²) in [5, 5.41) is 10.7. The maximum Gasteiger partial charge on any atom is 0.275 e. The van der Waals surface area contributed by atoms with Gasteiger partial charge in [-0.05, 0) is 36.1 Å². The third kappa shape index (κ3) is 3.14. The van der Waals surface area contributed by atoms with Gasteiger partial charge >= 0.3 is 0 Å². The number of fused-ring (bicyclic) bond motifs is 2. The molecule has 0 saturated carbocycles. The molecule has 1 aromatic carbocycles. The van der Waals surface area contributed by atoms with Crippen LogP contribution in [0.3, 0.4) is 0 Å². The summed E-state index contributed by atoms with van der Waals surface area (Å²) in [5.41, 5.74) is 5.19. The average Bonchev–Trinajstić information content (AvgIpc) is 3.09. The van der Waals surface area contributed by atoms with Crippen LogP contribution in [0.1, 0.15) is 46.2 Å². The molecule has 0 aliphatic carbocycles. The van der Waals surface area contributed by atoms with Crippen molar-refractivity contribution in [2.24, 2.45) is 0 Å². The van der Waals surface area contributed by atoms with Gasteiger partial charge in [0.1, 0.15) is 5.75 Å². The van der Waals surface area contributed by atoms with Crippen LogP contribution < -0.4 is 10.1 Å². The molecule has 3 heterocycles. The number of nitrogens with zero attached hydrogens (tertiary/aromatic N) is 2. The van der Waals surface area contributed by atoms with Gasteiger partial charge in [0.15, 0.2) is 5.69 Å². The van der Waals surface area contributed by atoms with Crippen molar-refractivity contribution in [3.05, 3.63) is 46.3 Å². The van der Waals surface area contributed by atoms with Crippen molar-refractivity contribution < 1.29 is 9.53 Å². The first kappa shape index (κ1) is 16.1. The first-order chi connectivity index (χ1) is 12.3. The normalized spacial score (nSPS) is 16.3. The number of benzene rings is 1. The molecule has 0 radical (unpaired) electrons. The van der Waals surface area contributed by atoms with Gasteiger partial charge in [0, 0.05) is 43.9 Å². The number of amides is 1. The molecule has 6 heteroatoms. The molecule has 0 atom stereocenters. The second-order valence-electron chi connectivity index (χ2n) is 6.71. The van der Waals surface area contributed by atoms with Gasteiger partial charge in [0.25, 0.3) is 5.91 Å². The Morgan fingerprint density at radius 1 is 1.32 bits per heavy atom. The van der Waals surface area contributed by atoms with E-state index >= 15 is 0 Å². The molecule has 0 saturated heterocycles. The Kier molecular flexibility index (Phi) is 4.44. The van der Waals surface area contributed by atoms with Crippen LogP contribution in [0.25, 0.3) is 0 Å². The first-order valence-electron chi connectivity index (χ1n) is 9.07. The molecule has 132 valence electrons. The van der Waals surface area contributed by atoms with Gasteiger partial charge in [0.05, 0.1) is 6.61 Å². The van der Waals surface area contributed by atoms with E-state index in [-0.39, 0.29) is 5.91 Å². The molecule has 1 aromatic heterocycles. The summed E-state index contributed by atoms with van der Waals surface area (Å²) in [6.07, 6.45) is 2.76. The number of hydrogen-bond donors (Lipinski definition) is 2. The van der Waals surface area contributed by atoms with Gasteiger partial charge in [-0.3, -0.25) is 9.89 Å². The Bertz CT molecular complexity index is 784. The zero-order chi connectivity index (χ0) is 17.2. The monoisotopic (exact) mass is 340 g/mol. The number of ether oxygens (including phenoxy) is 1. The van der Waals surface area contributed by atoms with Crippen LogP contribution in [-0.4, -0.2) is 40.7 Å². The number of aromatic nitrogens is 2. The molecule has 25 heavy (non-hydrogen) atoms. The second kappa shape index (κ2) is 6.88. The molecular weight excluding hydrogens is 316 g/mol. The van der Waals surface area contributed by atoms with Crippen molar-refractivity contribution in [1.82, 2.24) is 20.4 Å². The summed E-state index contributed by atoms with van der Waals surface area (Å²) in [6, 6.07) is 6.21. The zero-order valence-corrected chi connectivity index (χ0v) is 14.6. The lowest BCUT2D eigenvalue weighted by atomic mass is 9.98. The predicted molar refractivity (Wildman–Crippen MR) is 94.7 cm³/mol. The van der Waals surface area contributed by atoms with Crippen LogP contribution in [0.4, 0.5) is 0 Å². The highest BCUT2D eigenvalue weighted by Crippen LogP contribution is 2.26. The van der Waals surface area contributed by atoms with E-state index in [1.165, 1.54) is 11.1 Å². The third-order valence-electron chi connectivity index (χ3n) is 4.96. The standard InChI is InChI=1S/C19H24N4O2/c1-2-9-25-15-4-3-14-12-23(8-6-13(14)10-15)19(24)18-16-11-20-7-5-17(16)21-22-18/h3-4,10,20H,2,5-9,11-12H2,1H3,(H,21,22). The van der Waals surface area contributed by atoms with E-state index in [0.29, 0.717) is 12.2 Å². The third-order valence-corrected chi connectivity index (χ3v) is 4.96. The molecular formula is C19H24N4O2.